The fourth-order valence-corrected chi connectivity index (χ4v) is 5.28. The summed E-state index contributed by atoms with van der Waals surface area (Å²) in [5.74, 6) is -1.10. The Labute approximate surface area is 150 Å². The van der Waals surface area contributed by atoms with Crippen LogP contribution in [-0.4, -0.2) is 37.8 Å². The zero-order valence-corrected chi connectivity index (χ0v) is 15.4. The third kappa shape index (κ3) is 3.07. The molecule has 3 rings (SSSR count). The third-order valence-corrected chi connectivity index (χ3v) is 6.96. The van der Waals surface area contributed by atoms with Gasteiger partial charge in [-0.15, -0.1) is 11.3 Å². The molecule has 0 bridgehead atoms. The van der Waals surface area contributed by atoms with Gasteiger partial charge in [0.05, 0.1) is 12.1 Å². The minimum absolute atomic E-state index is 0.00667. The highest BCUT2D eigenvalue weighted by Gasteiger charge is 2.40. The lowest BCUT2D eigenvalue weighted by Gasteiger charge is -2.14. The molecular formula is C17H17NO5S2. The van der Waals surface area contributed by atoms with Crippen molar-refractivity contribution in [1.29, 1.82) is 0 Å². The topological polar surface area (TPSA) is 80.8 Å². The van der Waals surface area contributed by atoms with E-state index in [0.717, 1.165) is 21.2 Å². The van der Waals surface area contributed by atoms with Gasteiger partial charge in [0.2, 0.25) is 0 Å². The molecule has 1 aliphatic heterocycles. The van der Waals surface area contributed by atoms with Gasteiger partial charge in [0, 0.05) is 4.88 Å². The molecule has 1 aromatic carbocycles. The summed E-state index contributed by atoms with van der Waals surface area (Å²) in [5.41, 5.74) is 1.24. The molecule has 1 aromatic heterocycles. The molecule has 1 aliphatic rings. The summed E-state index contributed by atoms with van der Waals surface area (Å²) >= 11 is 1.35. The molecule has 0 aliphatic carbocycles. The maximum absolute atomic E-state index is 12.4. The van der Waals surface area contributed by atoms with Gasteiger partial charge in [-0.3, -0.25) is 4.79 Å². The van der Waals surface area contributed by atoms with Crippen LogP contribution in [-0.2, 0) is 21.2 Å². The van der Waals surface area contributed by atoms with Crippen LogP contribution in [0.15, 0.2) is 35.2 Å². The summed E-state index contributed by atoms with van der Waals surface area (Å²) in [6.45, 7) is 3.56. The zero-order valence-electron chi connectivity index (χ0n) is 13.8. The molecule has 2 aromatic rings. The SMILES string of the molecule is CCc1cc(C(=O)OCCN2C(=O)c3ccccc3S2(=O)=O)sc1C. The van der Waals surface area contributed by atoms with E-state index in [2.05, 4.69) is 0 Å². The molecular weight excluding hydrogens is 362 g/mol. The average molecular weight is 379 g/mol. The first-order valence-corrected chi connectivity index (χ1v) is 10.0. The standard InChI is InChI=1S/C17H17NO5S2/c1-3-12-10-14(24-11(12)2)17(20)23-9-8-18-16(19)13-6-4-5-7-15(13)25(18,21)22/h4-7,10H,3,8-9H2,1-2H3. The van der Waals surface area contributed by atoms with Crippen molar-refractivity contribution in [3.63, 3.8) is 0 Å². The van der Waals surface area contributed by atoms with Crippen molar-refractivity contribution in [2.75, 3.05) is 13.2 Å². The minimum atomic E-state index is -3.87. The molecule has 25 heavy (non-hydrogen) atoms. The van der Waals surface area contributed by atoms with Crippen LogP contribution in [0.3, 0.4) is 0 Å². The predicted octanol–water partition coefficient (Wildman–Crippen LogP) is 2.62. The summed E-state index contributed by atoms with van der Waals surface area (Å²) in [7, 11) is -3.87. The van der Waals surface area contributed by atoms with Gasteiger partial charge >= 0.3 is 5.97 Å². The molecule has 0 atom stereocenters. The molecule has 6 nitrogen and oxygen atoms in total. The Kier molecular flexibility index (Phi) is 4.66. The monoisotopic (exact) mass is 379 g/mol. The predicted molar refractivity (Wildman–Crippen MR) is 93.4 cm³/mol. The molecule has 0 fully saturated rings. The van der Waals surface area contributed by atoms with E-state index in [0.29, 0.717) is 4.88 Å². The van der Waals surface area contributed by atoms with Gasteiger partial charge < -0.3 is 4.74 Å². The number of hydrogen-bond acceptors (Lipinski definition) is 6. The number of fused-ring (bicyclic) bond motifs is 1. The number of rotatable bonds is 5. The van der Waals surface area contributed by atoms with Gasteiger partial charge in [-0.2, -0.15) is 0 Å². The lowest BCUT2D eigenvalue weighted by atomic mass is 10.2. The fraction of sp³-hybridized carbons (Fsp3) is 0.294. The highest BCUT2D eigenvalue weighted by atomic mass is 32.2. The van der Waals surface area contributed by atoms with Crippen LogP contribution in [0.5, 0.6) is 0 Å². The molecule has 0 spiro atoms. The van der Waals surface area contributed by atoms with Crippen LogP contribution >= 0.6 is 11.3 Å². The van der Waals surface area contributed by atoms with Crippen molar-refractivity contribution in [3.05, 3.63) is 51.2 Å². The largest absolute Gasteiger partial charge is 0.460 e. The van der Waals surface area contributed by atoms with Crippen LogP contribution in [0.4, 0.5) is 0 Å². The second-order valence-electron chi connectivity index (χ2n) is 5.56. The summed E-state index contributed by atoms with van der Waals surface area (Å²) in [6.07, 6.45) is 0.828. The molecule has 0 saturated carbocycles. The third-order valence-electron chi connectivity index (χ3n) is 4.04. The quantitative estimate of drug-likeness (QED) is 0.746. The first-order chi connectivity index (χ1) is 11.9. The minimum Gasteiger partial charge on any atom is -0.460 e. The maximum atomic E-state index is 12.4. The van der Waals surface area contributed by atoms with Crippen molar-refractivity contribution in [1.82, 2.24) is 4.31 Å². The fourth-order valence-electron chi connectivity index (χ4n) is 2.72. The van der Waals surface area contributed by atoms with Crippen LogP contribution in [0.2, 0.25) is 0 Å². The van der Waals surface area contributed by atoms with E-state index in [1.54, 1.807) is 18.2 Å². The number of sulfonamides is 1. The summed E-state index contributed by atoms with van der Waals surface area (Å²) < 4.78 is 30.7. The van der Waals surface area contributed by atoms with E-state index in [4.69, 9.17) is 4.74 Å². The van der Waals surface area contributed by atoms with E-state index < -0.39 is 21.9 Å². The second-order valence-corrected chi connectivity index (χ2v) is 8.65. The molecule has 1 amide bonds. The van der Waals surface area contributed by atoms with E-state index in [1.165, 1.54) is 23.5 Å². The Morgan fingerprint density at radius 2 is 2.00 bits per heavy atom. The van der Waals surface area contributed by atoms with Crippen molar-refractivity contribution < 1.29 is 22.7 Å². The van der Waals surface area contributed by atoms with Gasteiger partial charge in [0.25, 0.3) is 15.9 Å². The van der Waals surface area contributed by atoms with E-state index >= 15 is 0 Å². The number of ether oxygens (including phenoxy) is 1. The lowest BCUT2D eigenvalue weighted by molar-refractivity contribution is 0.0483. The maximum Gasteiger partial charge on any atom is 0.348 e. The van der Waals surface area contributed by atoms with Crippen LogP contribution in [0.25, 0.3) is 0 Å². The van der Waals surface area contributed by atoms with Crippen molar-refractivity contribution in [2.45, 2.75) is 25.2 Å². The average Bonchev–Trinajstić information content (AvgIpc) is 3.06. The van der Waals surface area contributed by atoms with Gasteiger partial charge in [0.15, 0.2) is 0 Å². The van der Waals surface area contributed by atoms with Gasteiger partial charge in [-0.05, 0) is 37.1 Å². The highest BCUT2D eigenvalue weighted by Crippen LogP contribution is 2.29. The molecule has 132 valence electrons. The molecule has 0 unspecified atom stereocenters. The van der Waals surface area contributed by atoms with Crippen molar-refractivity contribution in [3.8, 4) is 0 Å². The van der Waals surface area contributed by atoms with Crippen LogP contribution in [0, 0.1) is 6.92 Å². The van der Waals surface area contributed by atoms with Gasteiger partial charge in [0.1, 0.15) is 16.4 Å². The summed E-state index contributed by atoms with van der Waals surface area (Å²) in [4.78, 5) is 25.9. The van der Waals surface area contributed by atoms with Gasteiger partial charge in [-0.1, -0.05) is 19.1 Å². The molecule has 0 radical (unpaired) electrons. The second kappa shape index (κ2) is 6.61. The normalized spacial score (nSPS) is 15.3. The van der Waals surface area contributed by atoms with E-state index in [-0.39, 0.29) is 23.6 Å². The number of benzene rings is 1. The Morgan fingerprint density at radius 1 is 1.28 bits per heavy atom. The molecule has 8 heteroatoms. The Bertz CT molecular complexity index is 946. The summed E-state index contributed by atoms with van der Waals surface area (Å²) in [6, 6.07) is 7.84. The smallest absolute Gasteiger partial charge is 0.348 e. The number of hydrogen-bond donors (Lipinski definition) is 0. The Balaban J connectivity index is 1.66. The first kappa shape index (κ1) is 17.6. The summed E-state index contributed by atoms with van der Waals surface area (Å²) in [5, 5.41) is 0. The highest BCUT2D eigenvalue weighted by molar-refractivity contribution is 7.90. The van der Waals surface area contributed by atoms with Gasteiger partial charge in [-0.25, -0.2) is 17.5 Å². The van der Waals surface area contributed by atoms with Crippen molar-refractivity contribution in [2.24, 2.45) is 0 Å². The van der Waals surface area contributed by atoms with Crippen LogP contribution in [0.1, 0.15) is 37.4 Å². The van der Waals surface area contributed by atoms with Crippen molar-refractivity contribution >= 4 is 33.2 Å². The molecule has 0 saturated heterocycles. The number of esters is 1. The Hall–Kier alpha value is -2.19. The lowest BCUT2D eigenvalue weighted by Crippen LogP contribution is -2.33. The number of aryl methyl sites for hydroxylation is 2. The molecule has 2 heterocycles. The zero-order chi connectivity index (χ0) is 18.2. The van der Waals surface area contributed by atoms with E-state index in [1.807, 2.05) is 13.8 Å². The van der Waals surface area contributed by atoms with E-state index in [9.17, 15) is 18.0 Å². The number of nitrogens with zero attached hydrogens (tertiary/aromatic N) is 1. The number of carbonyl (C=O) groups is 2. The first-order valence-electron chi connectivity index (χ1n) is 7.78. The van der Waals surface area contributed by atoms with Crippen LogP contribution < -0.4 is 0 Å². The molecule has 0 N–H and O–H groups in total. The Morgan fingerprint density at radius 3 is 2.64 bits per heavy atom. The number of thiophene rings is 1. The number of carbonyl (C=O) groups excluding carboxylic acids is 2. The number of amides is 1.